The fourth-order valence-electron chi connectivity index (χ4n) is 3.80. The maximum Gasteiger partial charge on any atom is 0.232 e. The SMILES string of the molecule is CCC(c1cnn2c(Nc3c(C)ccnc3N(C)C)nc(C)nc12)C1CC1. The Balaban J connectivity index is 1.81. The molecule has 0 saturated heterocycles. The molecule has 1 fully saturated rings. The highest BCUT2D eigenvalue weighted by molar-refractivity contribution is 5.73. The van der Waals surface area contributed by atoms with Crippen molar-refractivity contribution in [1.82, 2.24) is 24.6 Å². The van der Waals surface area contributed by atoms with Gasteiger partial charge in [-0.3, -0.25) is 0 Å². The van der Waals surface area contributed by atoms with E-state index in [2.05, 4.69) is 34.2 Å². The lowest BCUT2D eigenvalue weighted by molar-refractivity contribution is 0.589. The van der Waals surface area contributed by atoms with Gasteiger partial charge in [-0.1, -0.05) is 6.92 Å². The molecule has 1 atom stereocenters. The molecule has 1 saturated carbocycles. The lowest BCUT2D eigenvalue weighted by Gasteiger charge is -2.19. The van der Waals surface area contributed by atoms with Crippen LogP contribution in [0.15, 0.2) is 18.5 Å². The van der Waals surface area contributed by atoms with Gasteiger partial charge in [0.25, 0.3) is 0 Å². The van der Waals surface area contributed by atoms with Gasteiger partial charge in [-0.2, -0.15) is 14.6 Å². The Morgan fingerprint density at radius 1 is 1.26 bits per heavy atom. The van der Waals surface area contributed by atoms with Crippen molar-refractivity contribution in [3.05, 3.63) is 35.4 Å². The summed E-state index contributed by atoms with van der Waals surface area (Å²) in [5.74, 6) is 3.59. The van der Waals surface area contributed by atoms with Gasteiger partial charge in [0, 0.05) is 25.9 Å². The van der Waals surface area contributed by atoms with E-state index in [1.165, 1.54) is 18.4 Å². The van der Waals surface area contributed by atoms with Crippen LogP contribution in [0.25, 0.3) is 5.65 Å². The van der Waals surface area contributed by atoms with Crippen LogP contribution < -0.4 is 10.2 Å². The molecule has 0 amide bonds. The summed E-state index contributed by atoms with van der Waals surface area (Å²) in [5.41, 5.74) is 4.20. The topological polar surface area (TPSA) is 71.2 Å². The zero-order chi connectivity index (χ0) is 19.1. The first-order valence-electron chi connectivity index (χ1n) is 9.61. The van der Waals surface area contributed by atoms with Crippen LogP contribution in [0.5, 0.6) is 0 Å². The third-order valence-corrected chi connectivity index (χ3v) is 5.34. The lowest BCUT2D eigenvalue weighted by atomic mass is 9.94. The quantitative estimate of drug-likeness (QED) is 0.715. The Morgan fingerprint density at radius 3 is 2.70 bits per heavy atom. The van der Waals surface area contributed by atoms with E-state index in [1.54, 1.807) is 0 Å². The molecule has 4 rings (SSSR count). The number of nitrogens with one attached hydrogen (secondary N) is 1. The minimum absolute atomic E-state index is 0.530. The van der Waals surface area contributed by atoms with Crippen LogP contribution in [-0.4, -0.2) is 38.7 Å². The van der Waals surface area contributed by atoms with Crippen LogP contribution in [-0.2, 0) is 0 Å². The zero-order valence-corrected chi connectivity index (χ0v) is 16.7. The highest BCUT2D eigenvalue weighted by atomic mass is 15.4. The summed E-state index contributed by atoms with van der Waals surface area (Å²) in [6.45, 7) is 6.25. The Labute approximate surface area is 159 Å². The Morgan fingerprint density at radius 2 is 2.04 bits per heavy atom. The van der Waals surface area contributed by atoms with Gasteiger partial charge in [0.1, 0.15) is 5.82 Å². The first-order valence-corrected chi connectivity index (χ1v) is 9.61. The van der Waals surface area contributed by atoms with E-state index in [9.17, 15) is 0 Å². The molecule has 0 aromatic carbocycles. The summed E-state index contributed by atoms with van der Waals surface area (Å²) in [4.78, 5) is 15.9. The number of hydrogen-bond donors (Lipinski definition) is 1. The van der Waals surface area contributed by atoms with Crippen LogP contribution in [0, 0.1) is 19.8 Å². The van der Waals surface area contributed by atoms with Crippen molar-refractivity contribution < 1.29 is 0 Å². The predicted molar refractivity (Wildman–Crippen MR) is 108 cm³/mol. The largest absolute Gasteiger partial charge is 0.361 e. The van der Waals surface area contributed by atoms with Gasteiger partial charge in [0.05, 0.1) is 11.9 Å². The standard InChI is InChI=1S/C20H27N7/c1-6-15(14-7-8-14)16-11-22-27-18(16)23-13(3)24-20(27)25-17-12(2)9-10-21-19(17)26(4)5/h9-11,14-15H,6-8H2,1-5H3,(H,23,24,25). The average molecular weight is 365 g/mol. The van der Waals surface area contributed by atoms with Crippen molar-refractivity contribution in [1.29, 1.82) is 0 Å². The van der Waals surface area contributed by atoms with E-state index >= 15 is 0 Å². The number of nitrogens with zero attached hydrogens (tertiary/aromatic N) is 6. The van der Waals surface area contributed by atoms with Crippen LogP contribution in [0.3, 0.4) is 0 Å². The Bertz CT molecular complexity index is 972. The molecule has 0 spiro atoms. The van der Waals surface area contributed by atoms with Gasteiger partial charge < -0.3 is 10.2 Å². The van der Waals surface area contributed by atoms with Gasteiger partial charge in [0.15, 0.2) is 11.5 Å². The minimum atomic E-state index is 0.530. The maximum absolute atomic E-state index is 4.72. The van der Waals surface area contributed by atoms with E-state index in [0.29, 0.717) is 11.9 Å². The molecular formula is C20H27N7. The number of aromatic nitrogens is 5. The second-order valence-corrected chi connectivity index (χ2v) is 7.63. The summed E-state index contributed by atoms with van der Waals surface area (Å²) in [7, 11) is 3.97. The maximum atomic E-state index is 4.72. The molecule has 1 aliphatic rings. The highest BCUT2D eigenvalue weighted by Gasteiger charge is 2.33. The molecule has 1 aliphatic carbocycles. The van der Waals surface area contributed by atoms with E-state index in [4.69, 9.17) is 4.98 Å². The third kappa shape index (κ3) is 3.22. The van der Waals surface area contributed by atoms with Crippen LogP contribution in [0.1, 0.15) is 49.1 Å². The number of hydrogen-bond acceptors (Lipinski definition) is 6. The smallest absolute Gasteiger partial charge is 0.232 e. The first-order chi connectivity index (χ1) is 13.0. The van der Waals surface area contributed by atoms with E-state index in [-0.39, 0.29) is 0 Å². The molecule has 3 heterocycles. The van der Waals surface area contributed by atoms with Gasteiger partial charge in [-0.25, -0.2) is 9.97 Å². The van der Waals surface area contributed by atoms with Crippen molar-refractivity contribution in [3.8, 4) is 0 Å². The molecule has 1 N–H and O–H groups in total. The third-order valence-electron chi connectivity index (χ3n) is 5.34. The predicted octanol–water partition coefficient (Wildman–Crippen LogP) is 3.85. The minimum Gasteiger partial charge on any atom is -0.361 e. The van der Waals surface area contributed by atoms with Crippen LogP contribution >= 0.6 is 0 Å². The molecule has 0 radical (unpaired) electrons. The van der Waals surface area contributed by atoms with Crippen molar-refractivity contribution in [2.24, 2.45) is 5.92 Å². The fraction of sp³-hybridized carbons (Fsp3) is 0.500. The number of fused-ring (bicyclic) bond motifs is 1. The number of rotatable bonds is 6. The molecule has 142 valence electrons. The van der Waals surface area contributed by atoms with Crippen molar-refractivity contribution >= 4 is 23.1 Å². The lowest BCUT2D eigenvalue weighted by Crippen LogP contribution is -2.15. The normalized spacial score (nSPS) is 15.1. The van der Waals surface area contributed by atoms with E-state index in [0.717, 1.165) is 40.9 Å². The first kappa shape index (κ1) is 17.7. The van der Waals surface area contributed by atoms with Gasteiger partial charge in [0.2, 0.25) is 5.95 Å². The number of anilines is 3. The average Bonchev–Trinajstić information content (AvgIpc) is 3.38. The van der Waals surface area contributed by atoms with Crippen LogP contribution in [0.4, 0.5) is 17.5 Å². The van der Waals surface area contributed by atoms with Crippen molar-refractivity contribution in [2.45, 2.75) is 46.0 Å². The molecule has 0 bridgehead atoms. The summed E-state index contributed by atoms with van der Waals surface area (Å²) in [5, 5.41) is 8.10. The number of pyridine rings is 1. The van der Waals surface area contributed by atoms with Crippen molar-refractivity contribution in [3.63, 3.8) is 0 Å². The second kappa shape index (κ2) is 6.79. The molecule has 1 unspecified atom stereocenters. The molecule has 7 heteroatoms. The Kier molecular flexibility index (Phi) is 4.45. The fourth-order valence-corrected chi connectivity index (χ4v) is 3.80. The van der Waals surface area contributed by atoms with Gasteiger partial charge in [-0.15, -0.1) is 0 Å². The monoisotopic (exact) mass is 365 g/mol. The molecule has 0 aliphatic heterocycles. The van der Waals surface area contributed by atoms with Crippen molar-refractivity contribution in [2.75, 3.05) is 24.3 Å². The molecular weight excluding hydrogens is 338 g/mol. The Hall–Kier alpha value is -2.70. The van der Waals surface area contributed by atoms with Crippen LogP contribution in [0.2, 0.25) is 0 Å². The molecule has 3 aromatic heterocycles. The van der Waals surface area contributed by atoms with E-state index in [1.807, 2.05) is 48.9 Å². The number of aryl methyl sites for hydroxylation is 2. The summed E-state index contributed by atoms with van der Waals surface area (Å²) < 4.78 is 1.83. The van der Waals surface area contributed by atoms with Gasteiger partial charge >= 0.3 is 0 Å². The summed E-state index contributed by atoms with van der Waals surface area (Å²) >= 11 is 0. The molecule has 3 aromatic rings. The molecule has 7 nitrogen and oxygen atoms in total. The summed E-state index contributed by atoms with van der Waals surface area (Å²) in [6, 6.07) is 2.00. The summed E-state index contributed by atoms with van der Waals surface area (Å²) in [6.07, 6.45) is 7.54. The van der Waals surface area contributed by atoms with E-state index < -0.39 is 0 Å². The van der Waals surface area contributed by atoms with Gasteiger partial charge in [-0.05, 0) is 56.6 Å². The zero-order valence-electron chi connectivity index (χ0n) is 16.7. The molecule has 27 heavy (non-hydrogen) atoms. The highest BCUT2D eigenvalue weighted by Crippen LogP contribution is 2.45. The second-order valence-electron chi connectivity index (χ2n) is 7.63.